The van der Waals surface area contributed by atoms with Crippen LogP contribution in [0.4, 0.5) is 13.2 Å². The summed E-state index contributed by atoms with van der Waals surface area (Å²) in [6.07, 6.45) is -3.55. The van der Waals surface area contributed by atoms with Gasteiger partial charge >= 0.3 is 12.1 Å². The van der Waals surface area contributed by atoms with E-state index in [1.807, 2.05) is 0 Å². The van der Waals surface area contributed by atoms with Gasteiger partial charge in [-0.2, -0.15) is 13.2 Å². The van der Waals surface area contributed by atoms with Crippen molar-refractivity contribution in [1.29, 1.82) is 0 Å². The molecule has 0 aliphatic carbocycles. The Hall–Kier alpha value is -3.28. The van der Waals surface area contributed by atoms with Crippen LogP contribution in [0.3, 0.4) is 0 Å². The van der Waals surface area contributed by atoms with Crippen molar-refractivity contribution in [3.63, 3.8) is 0 Å². The molecule has 2 aromatic carbocycles. The molecule has 0 bridgehead atoms. The number of nitrogens with zero attached hydrogens (tertiary/aromatic N) is 2. The van der Waals surface area contributed by atoms with Gasteiger partial charge < -0.3 is 14.2 Å². The van der Waals surface area contributed by atoms with E-state index in [2.05, 4.69) is 4.99 Å². The number of fused-ring (bicyclic) bond motifs is 1. The zero-order chi connectivity index (χ0) is 28.5. The molecular weight excluding hydrogens is 580 g/mol. The van der Waals surface area contributed by atoms with Gasteiger partial charge in [0, 0.05) is 5.02 Å². The largest absolute Gasteiger partial charge is 0.491 e. The highest BCUT2D eigenvalue weighted by Gasteiger charge is 2.45. The first kappa shape index (κ1) is 28.7. The van der Waals surface area contributed by atoms with Crippen molar-refractivity contribution in [2.24, 2.45) is 4.99 Å². The number of carbonyl (C=O) groups excluding carboxylic acids is 1. The maximum absolute atomic E-state index is 14.2. The van der Waals surface area contributed by atoms with Gasteiger partial charge in [-0.05, 0) is 55.3 Å². The molecule has 13 heteroatoms. The number of alkyl halides is 3. The minimum Gasteiger partial charge on any atom is -0.491 e. The average molecular weight is 601 g/mol. The van der Waals surface area contributed by atoms with E-state index < -0.39 is 35.0 Å². The van der Waals surface area contributed by atoms with Gasteiger partial charge in [0.1, 0.15) is 0 Å². The Balaban J connectivity index is 2.02. The molecule has 0 saturated carbocycles. The quantitative estimate of drug-likeness (QED) is 0.354. The van der Waals surface area contributed by atoms with Crippen LogP contribution in [-0.4, -0.2) is 37.0 Å². The van der Waals surface area contributed by atoms with Gasteiger partial charge in [-0.1, -0.05) is 46.7 Å². The predicted molar refractivity (Wildman–Crippen MR) is 141 cm³/mol. The number of carbonyl (C=O) groups is 1. The summed E-state index contributed by atoms with van der Waals surface area (Å²) < 4.78 is 59.6. The summed E-state index contributed by atoms with van der Waals surface area (Å²) in [4.78, 5) is 30.1. The van der Waals surface area contributed by atoms with Crippen LogP contribution < -0.4 is 24.4 Å². The number of thiazole rings is 1. The highest BCUT2D eigenvalue weighted by Crippen LogP contribution is 2.39. The Morgan fingerprint density at radius 2 is 1.85 bits per heavy atom. The molecule has 3 aromatic rings. The molecule has 0 unspecified atom stereocenters. The maximum Gasteiger partial charge on any atom is 0.434 e. The van der Waals surface area contributed by atoms with Crippen molar-refractivity contribution in [2.75, 3.05) is 20.3 Å². The van der Waals surface area contributed by atoms with Crippen LogP contribution in [0.15, 0.2) is 57.5 Å². The summed E-state index contributed by atoms with van der Waals surface area (Å²) in [6, 6.07) is 7.46. The third-order valence-electron chi connectivity index (χ3n) is 5.61. The fourth-order valence-corrected chi connectivity index (χ4v) is 5.51. The Morgan fingerprint density at radius 1 is 1.15 bits per heavy atom. The zero-order valence-corrected chi connectivity index (χ0v) is 23.1. The summed E-state index contributed by atoms with van der Waals surface area (Å²) in [5.41, 5.74) is -2.22. The second-order valence-corrected chi connectivity index (χ2v) is 9.93. The van der Waals surface area contributed by atoms with Crippen LogP contribution in [0.2, 0.25) is 10.0 Å². The molecule has 1 aliphatic heterocycles. The van der Waals surface area contributed by atoms with Gasteiger partial charge in [-0.3, -0.25) is 9.36 Å². The minimum atomic E-state index is -5.00. The molecule has 0 N–H and O–H groups in total. The van der Waals surface area contributed by atoms with Crippen LogP contribution in [0.5, 0.6) is 11.5 Å². The number of benzene rings is 2. The summed E-state index contributed by atoms with van der Waals surface area (Å²) in [7, 11) is 1.43. The first-order valence-electron chi connectivity index (χ1n) is 11.6. The molecule has 0 spiro atoms. The summed E-state index contributed by atoms with van der Waals surface area (Å²) in [5, 5.41) is 0.538. The molecule has 39 heavy (non-hydrogen) atoms. The molecule has 1 atom stereocenters. The molecular formula is C26H21Cl2F3N2O5S. The first-order valence-corrected chi connectivity index (χ1v) is 13.1. The maximum atomic E-state index is 14.2. The molecule has 2 heterocycles. The Bertz CT molecular complexity index is 1630. The second kappa shape index (κ2) is 11.4. The molecule has 4 rings (SSSR count). The number of ether oxygens (including phenoxy) is 3. The monoisotopic (exact) mass is 600 g/mol. The number of hydrogen-bond donors (Lipinski definition) is 0. The number of halogens is 5. The fraction of sp³-hybridized carbons (Fsp3) is 0.269. The number of methoxy groups -OCH3 is 1. The molecule has 1 aromatic heterocycles. The summed E-state index contributed by atoms with van der Waals surface area (Å²) in [6.45, 7) is 3.38. The fourth-order valence-electron chi connectivity index (χ4n) is 4.08. The Kier molecular flexibility index (Phi) is 8.43. The van der Waals surface area contributed by atoms with Gasteiger partial charge in [-0.25, -0.2) is 9.79 Å². The normalized spacial score (nSPS) is 15.6. The van der Waals surface area contributed by atoms with Gasteiger partial charge in [-0.15, -0.1) is 0 Å². The Labute approximate surface area is 234 Å². The zero-order valence-electron chi connectivity index (χ0n) is 20.8. The SMILES string of the molecule is CCOC(=O)C1=C(C(F)(F)F)N=c2s/c(=C\c3cc(Cl)c(OC)c(OCC)c3)c(=O)n2[C@H]1c1ccc(Cl)cc1. The highest BCUT2D eigenvalue weighted by atomic mass is 35.5. The highest BCUT2D eigenvalue weighted by molar-refractivity contribution is 7.07. The number of allylic oxidation sites excluding steroid dienone is 1. The topological polar surface area (TPSA) is 79.1 Å². The van der Waals surface area contributed by atoms with E-state index in [0.717, 1.165) is 15.9 Å². The van der Waals surface area contributed by atoms with Crippen LogP contribution in [-0.2, 0) is 9.53 Å². The van der Waals surface area contributed by atoms with Gasteiger partial charge in [0.2, 0.25) is 0 Å². The van der Waals surface area contributed by atoms with Crippen molar-refractivity contribution in [1.82, 2.24) is 4.57 Å². The lowest BCUT2D eigenvalue weighted by Crippen LogP contribution is -2.41. The summed E-state index contributed by atoms with van der Waals surface area (Å²) in [5.74, 6) is -0.602. The minimum absolute atomic E-state index is 0.0584. The van der Waals surface area contributed by atoms with E-state index in [4.69, 9.17) is 37.4 Å². The van der Waals surface area contributed by atoms with E-state index in [1.54, 1.807) is 13.0 Å². The molecule has 1 aliphatic rings. The molecule has 206 valence electrons. The van der Waals surface area contributed by atoms with E-state index in [-0.39, 0.29) is 26.5 Å². The molecule has 0 amide bonds. The third-order valence-corrected chi connectivity index (χ3v) is 7.13. The van der Waals surface area contributed by atoms with Gasteiger partial charge in [0.25, 0.3) is 5.56 Å². The lowest BCUT2D eigenvalue weighted by molar-refractivity contribution is -0.140. The number of aromatic nitrogens is 1. The van der Waals surface area contributed by atoms with Crippen LogP contribution in [0.25, 0.3) is 6.08 Å². The predicted octanol–water partition coefficient (Wildman–Crippen LogP) is 5.05. The van der Waals surface area contributed by atoms with E-state index in [0.29, 0.717) is 28.7 Å². The van der Waals surface area contributed by atoms with Crippen molar-refractivity contribution in [3.8, 4) is 11.5 Å². The number of esters is 1. The second-order valence-electron chi connectivity index (χ2n) is 8.08. The molecule has 0 radical (unpaired) electrons. The third kappa shape index (κ3) is 5.70. The smallest absolute Gasteiger partial charge is 0.434 e. The van der Waals surface area contributed by atoms with E-state index in [9.17, 15) is 22.8 Å². The molecule has 0 saturated heterocycles. The number of rotatable bonds is 7. The van der Waals surface area contributed by atoms with Gasteiger partial charge in [0.15, 0.2) is 22.0 Å². The molecule has 0 fully saturated rings. The Morgan fingerprint density at radius 3 is 2.44 bits per heavy atom. The van der Waals surface area contributed by atoms with Crippen molar-refractivity contribution in [2.45, 2.75) is 26.1 Å². The summed E-state index contributed by atoms with van der Waals surface area (Å²) >= 11 is 13.1. The van der Waals surface area contributed by atoms with Crippen molar-refractivity contribution in [3.05, 3.63) is 88.5 Å². The van der Waals surface area contributed by atoms with E-state index >= 15 is 0 Å². The molecule has 7 nitrogen and oxygen atoms in total. The van der Waals surface area contributed by atoms with Crippen LogP contribution >= 0.6 is 34.5 Å². The van der Waals surface area contributed by atoms with Gasteiger partial charge in [0.05, 0.1) is 41.5 Å². The van der Waals surface area contributed by atoms with E-state index in [1.165, 1.54) is 50.4 Å². The standard InChI is InChI=1S/C26H21Cl2F3N2O5S/c1-4-37-17-11-13(10-16(28)21(17)36-3)12-18-23(34)33-20(14-6-8-15(27)9-7-14)19(24(35)38-5-2)22(26(29,30)31)32-25(33)39-18/h6-12,20H,4-5H2,1-3H3/b18-12-/t20-/m0/s1. The number of hydrogen-bond acceptors (Lipinski definition) is 7. The average Bonchev–Trinajstić information content (AvgIpc) is 3.18. The van der Waals surface area contributed by atoms with Crippen LogP contribution in [0.1, 0.15) is 31.0 Å². The van der Waals surface area contributed by atoms with Crippen LogP contribution in [0, 0.1) is 0 Å². The lowest BCUT2D eigenvalue weighted by atomic mass is 9.95. The van der Waals surface area contributed by atoms with Crippen molar-refractivity contribution < 1.29 is 32.2 Å². The lowest BCUT2D eigenvalue weighted by Gasteiger charge is -2.26. The first-order chi connectivity index (χ1) is 18.5. The van der Waals surface area contributed by atoms with Crippen molar-refractivity contribution >= 4 is 46.6 Å².